The van der Waals surface area contributed by atoms with E-state index in [2.05, 4.69) is 40.6 Å². The molecule has 0 radical (unpaired) electrons. The fourth-order valence-corrected chi connectivity index (χ4v) is 1.86. The van der Waals surface area contributed by atoms with E-state index in [-0.39, 0.29) is 23.3 Å². The van der Waals surface area contributed by atoms with Crippen molar-refractivity contribution in [1.29, 1.82) is 0 Å². The van der Waals surface area contributed by atoms with Gasteiger partial charge in [-0.3, -0.25) is 10.4 Å². The number of halogens is 1. The van der Waals surface area contributed by atoms with Crippen LogP contribution in [0, 0.1) is 0 Å². The summed E-state index contributed by atoms with van der Waals surface area (Å²) in [5.41, 5.74) is 2.95. The maximum Gasteiger partial charge on any atom is 0.322 e. The smallest absolute Gasteiger partial charge is 0.322 e. The third kappa shape index (κ3) is 5.14. The number of hydrogen-bond donors (Lipinski definition) is 2. The molecule has 0 aromatic carbocycles. The molecule has 2 aromatic rings. The molecule has 0 aliphatic heterocycles. The lowest BCUT2D eigenvalue weighted by atomic mass is 10.4. The molecule has 0 saturated heterocycles. The molecule has 0 amide bonds. The van der Waals surface area contributed by atoms with Gasteiger partial charge in [-0.2, -0.15) is 29.9 Å². The summed E-state index contributed by atoms with van der Waals surface area (Å²) in [6.45, 7) is 3.96. The SMILES string of the molecule is COc1nc(NC(C)C)nc(N(C)Nc2nc(Cl)nc(N(C)C)n2)n1. The Labute approximate surface area is 150 Å². The molecular weight excluding hydrogens is 348 g/mol. The predicted octanol–water partition coefficient (Wildman–Crippen LogP) is 1.07. The van der Waals surface area contributed by atoms with Gasteiger partial charge in [0.05, 0.1) is 7.11 Å². The molecule has 0 spiro atoms. The van der Waals surface area contributed by atoms with Crippen LogP contribution in [0.15, 0.2) is 0 Å². The largest absolute Gasteiger partial charge is 0.467 e. The lowest BCUT2D eigenvalue weighted by molar-refractivity contribution is 0.379. The van der Waals surface area contributed by atoms with Gasteiger partial charge in [0.1, 0.15) is 0 Å². The Morgan fingerprint density at radius 3 is 2.20 bits per heavy atom. The topological polar surface area (TPSA) is 117 Å². The van der Waals surface area contributed by atoms with Crippen molar-refractivity contribution < 1.29 is 4.74 Å². The Balaban J connectivity index is 2.27. The van der Waals surface area contributed by atoms with Crippen LogP contribution < -0.4 is 25.4 Å². The summed E-state index contributed by atoms with van der Waals surface area (Å²) in [6, 6.07) is 0.340. The van der Waals surface area contributed by atoms with E-state index in [1.807, 2.05) is 13.8 Å². The average Bonchev–Trinajstić information content (AvgIpc) is 2.53. The molecule has 0 aliphatic rings. The van der Waals surface area contributed by atoms with Crippen molar-refractivity contribution in [2.24, 2.45) is 0 Å². The maximum atomic E-state index is 5.94. The Kier molecular flexibility index (Phi) is 5.91. The first-order valence-electron chi connectivity index (χ1n) is 7.44. The zero-order chi connectivity index (χ0) is 18.6. The van der Waals surface area contributed by atoms with E-state index in [1.54, 1.807) is 26.0 Å². The number of ether oxygens (including phenoxy) is 1. The van der Waals surface area contributed by atoms with Crippen LogP contribution in [0.5, 0.6) is 6.01 Å². The van der Waals surface area contributed by atoms with Gasteiger partial charge in [-0.15, -0.1) is 0 Å². The molecule has 2 rings (SSSR count). The highest BCUT2D eigenvalue weighted by molar-refractivity contribution is 6.28. The number of rotatable bonds is 7. The molecule has 0 aliphatic carbocycles. The number of methoxy groups -OCH3 is 1. The van der Waals surface area contributed by atoms with Crippen molar-refractivity contribution in [3.8, 4) is 6.01 Å². The van der Waals surface area contributed by atoms with Crippen LogP contribution in [0.4, 0.5) is 23.8 Å². The molecule has 0 unspecified atom stereocenters. The van der Waals surface area contributed by atoms with Gasteiger partial charge in [-0.1, -0.05) is 0 Å². The normalized spacial score (nSPS) is 10.6. The Morgan fingerprint density at radius 1 is 0.920 bits per heavy atom. The number of hydrogen-bond acceptors (Lipinski definition) is 11. The highest BCUT2D eigenvalue weighted by atomic mass is 35.5. The minimum Gasteiger partial charge on any atom is -0.467 e. The van der Waals surface area contributed by atoms with Gasteiger partial charge in [0, 0.05) is 27.2 Å². The first-order chi connectivity index (χ1) is 11.8. The Hall–Kier alpha value is -2.69. The molecular formula is C13H21ClN10O. The van der Waals surface area contributed by atoms with Crippen molar-refractivity contribution in [2.45, 2.75) is 19.9 Å². The van der Waals surface area contributed by atoms with Crippen LogP contribution in [0.2, 0.25) is 5.28 Å². The minimum absolute atomic E-state index is 0.0741. The first-order valence-corrected chi connectivity index (χ1v) is 7.82. The van der Waals surface area contributed by atoms with E-state index < -0.39 is 0 Å². The highest BCUT2D eigenvalue weighted by Crippen LogP contribution is 2.16. The van der Waals surface area contributed by atoms with Gasteiger partial charge in [-0.05, 0) is 25.4 Å². The van der Waals surface area contributed by atoms with Crippen molar-refractivity contribution in [3.63, 3.8) is 0 Å². The molecule has 0 fully saturated rings. The summed E-state index contributed by atoms with van der Waals surface area (Å²) in [7, 11) is 6.81. The molecule has 2 heterocycles. The van der Waals surface area contributed by atoms with Crippen LogP contribution in [0.3, 0.4) is 0 Å². The minimum atomic E-state index is 0.0741. The molecule has 25 heavy (non-hydrogen) atoms. The summed E-state index contributed by atoms with van der Waals surface area (Å²) in [4.78, 5) is 26.7. The van der Waals surface area contributed by atoms with E-state index >= 15 is 0 Å². The second-order valence-corrected chi connectivity index (χ2v) is 5.88. The first kappa shape index (κ1) is 18.6. The van der Waals surface area contributed by atoms with Crippen LogP contribution in [-0.4, -0.2) is 64.2 Å². The standard InChI is InChI=1S/C13H21ClN10O/c1-7(2)15-9-18-12(21-13(20-9)25-6)24(5)22-10-16-8(14)17-11(19-10)23(3)4/h7H,1-6H3,(H,15,18,20,21)(H,16,17,19,22). The van der Waals surface area contributed by atoms with Gasteiger partial charge >= 0.3 is 6.01 Å². The summed E-state index contributed by atoms with van der Waals surface area (Å²) in [5.74, 6) is 1.39. The van der Waals surface area contributed by atoms with E-state index in [9.17, 15) is 0 Å². The Morgan fingerprint density at radius 2 is 1.60 bits per heavy atom. The van der Waals surface area contributed by atoms with Crippen molar-refractivity contribution in [2.75, 3.05) is 48.9 Å². The van der Waals surface area contributed by atoms with Gasteiger partial charge < -0.3 is 15.0 Å². The summed E-state index contributed by atoms with van der Waals surface area (Å²) >= 11 is 5.94. The average molecular weight is 369 g/mol. The van der Waals surface area contributed by atoms with E-state index in [1.165, 1.54) is 12.1 Å². The molecule has 0 atom stereocenters. The summed E-state index contributed by atoms with van der Waals surface area (Å²) in [6.07, 6.45) is 0. The molecule has 136 valence electrons. The van der Waals surface area contributed by atoms with Crippen LogP contribution >= 0.6 is 11.6 Å². The number of anilines is 4. The van der Waals surface area contributed by atoms with Gasteiger partial charge in [-0.25, -0.2) is 0 Å². The second kappa shape index (κ2) is 7.92. The van der Waals surface area contributed by atoms with E-state index in [0.717, 1.165) is 0 Å². The Bertz CT molecular complexity index is 726. The molecule has 2 N–H and O–H groups in total. The van der Waals surface area contributed by atoms with E-state index in [4.69, 9.17) is 16.3 Å². The quantitative estimate of drug-likeness (QED) is 0.683. The third-order valence-electron chi connectivity index (χ3n) is 2.77. The van der Waals surface area contributed by atoms with Gasteiger partial charge in [0.15, 0.2) is 0 Å². The van der Waals surface area contributed by atoms with Crippen molar-refractivity contribution in [1.82, 2.24) is 29.9 Å². The number of hydrazine groups is 1. The number of nitrogens with zero attached hydrogens (tertiary/aromatic N) is 8. The number of aromatic nitrogens is 6. The molecule has 2 aromatic heterocycles. The summed E-state index contributed by atoms with van der Waals surface area (Å²) in [5, 5.41) is 4.71. The van der Waals surface area contributed by atoms with Crippen molar-refractivity contribution >= 4 is 35.4 Å². The van der Waals surface area contributed by atoms with Crippen LogP contribution in [-0.2, 0) is 0 Å². The van der Waals surface area contributed by atoms with Crippen molar-refractivity contribution in [3.05, 3.63) is 5.28 Å². The molecule has 12 heteroatoms. The molecule has 11 nitrogen and oxygen atoms in total. The summed E-state index contributed by atoms with van der Waals surface area (Å²) < 4.78 is 5.12. The number of nitrogens with one attached hydrogen (secondary N) is 2. The maximum absolute atomic E-state index is 5.94. The van der Waals surface area contributed by atoms with Gasteiger partial charge in [0.2, 0.25) is 23.1 Å². The highest BCUT2D eigenvalue weighted by Gasteiger charge is 2.14. The lowest BCUT2D eigenvalue weighted by Crippen LogP contribution is -2.29. The van der Waals surface area contributed by atoms with Gasteiger partial charge in [0.25, 0.3) is 5.95 Å². The van der Waals surface area contributed by atoms with Crippen LogP contribution in [0.25, 0.3) is 0 Å². The predicted molar refractivity (Wildman–Crippen MR) is 96.3 cm³/mol. The zero-order valence-corrected chi connectivity index (χ0v) is 15.7. The third-order valence-corrected chi connectivity index (χ3v) is 2.94. The monoisotopic (exact) mass is 368 g/mol. The molecule has 0 saturated carbocycles. The van der Waals surface area contributed by atoms with E-state index in [0.29, 0.717) is 17.8 Å². The zero-order valence-electron chi connectivity index (χ0n) is 14.9. The second-order valence-electron chi connectivity index (χ2n) is 5.54. The molecule has 0 bridgehead atoms. The lowest BCUT2D eigenvalue weighted by Gasteiger charge is -2.20. The van der Waals surface area contributed by atoms with Crippen LogP contribution in [0.1, 0.15) is 13.8 Å². The fraction of sp³-hybridized carbons (Fsp3) is 0.538. The fourth-order valence-electron chi connectivity index (χ4n) is 1.70.